The molecule has 2 unspecified atom stereocenters. The van der Waals surface area contributed by atoms with Gasteiger partial charge in [-0.25, -0.2) is 0 Å². The molecule has 0 aliphatic carbocycles. The van der Waals surface area contributed by atoms with E-state index < -0.39 is 24.4 Å². The maximum atomic E-state index is 9.66. The van der Waals surface area contributed by atoms with Gasteiger partial charge < -0.3 is 20.1 Å². The zero-order valence-corrected chi connectivity index (χ0v) is 8.92. The summed E-state index contributed by atoms with van der Waals surface area (Å²) in [5, 5.41) is 28.8. The molecule has 4 heteroatoms. The molecule has 5 atom stereocenters. The van der Waals surface area contributed by atoms with Gasteiger partial charge in [-0.15, -0.1) is 0 Å². The minimum atomic E-state index is -1.10. The first-order valence-electron chi connectivity index (χ1n) is 5.18. The van der Waals surface area contributed by atoms with Crippen LogP contribution in [0.3, 0.4) is 0 Å². The Balaban J connectivity index is 2.73. The van der Waals surface area contributed by atoms with E-state index in [9.17, 15) is 15.3 Å². The fourth-order valence-corrected chi connectivity index (χ4v) is 1.87. The highest BCUT2D eigenvalue weighted by Crippen LogP contribution is 2.26. The van der Waals surface area contributed by atoms with Crippen molar-refractivity contribution in [2.24, 2.45) is 5.92 Å². The predicted octanol–water partition coefficient (Wildman–Crippen LogP) is -0.0975. The highest BCUT2D eigenvalue weighted by molar-refractivity contribution is 4.92. The van der Waals surface area contributed by atoms with Crippen LogP contribution in [0.25, 0.3) is 0 Å². The molecule has 0 radical (unpaired) electrons. The van der Waals surface area contributed by atoms with Crippen molar-refractivity contribution in [2.45, 2.75) is 57.7 Å². The summed E-state index contributed by atoms with van der Waals surface area (Å²) in [6.45, 7) is 5.73. The largest absolute Gasteiger partial charge is 0.388 e. The van der Waals surface area contributed by atoms with Gasteiger partial charge in [0.25, 0.3) is 0 Å². The number of aliphatic hydroxyl groups is 3. The summed E-state index contributed by atoms with van der Waals surface area (Å²) in [5.74, 6) is 0.126. The summed E-state index contributed by atoms with van der Waals surface area (Å²) < 4.78 is 5.53. The fourth-order valence-electron chi connectivity index (χ4n) is 1.87. The van der Waals surface area contributed by atoms with Gasteiger partial charge in [-0.3, -0.25) is 0 Å². The van der Waals surface area contributed by atoms with E-state index in [1.54, 1.807) is 0 Å². The summed E-state index contributed by atoms with van der Waals surface area (Å²) >= 11 is 0. The first-order valence-corrected chi connectivity index (χ1v) is 5.18. The van der Waals surface area contributed by atoms with Gasteiger partial charge in [0.1, 0.15) is 18.3 Å². The summed E-state index contributed by atoms with van der Waals surface area (Å²) in [4.78, 5) is 0. The van der Waals surface area contributed by atoms with Crippen molar-refractivity contribution in [1.29, 1.82) is 0 Å². The molecule has 0 aromatic heterocycles. The van der Waals surface area contributed by atoms with Gasteiger partial charge >= 0.3 is 0 Å². The van der Waals surface area contributed by atoms with Crippen molar-refractivity contribution in [3.8, 4) is 0 Å². The van der Waals surface area contributed by atoms with E-state index in [-0.39, 0.29) is 12.0 Å². The number of aliphatic hydroxyl groups excluding tert-OH is 3. The van der Waals surface area contributed by atoms with Crippen molar-refractivity contribution < 1.29 is 20.1 Å². The van der Waals surface area contributed by atoms with Gasteiger partial charge in [0.2, 0.25) is 0 Å². The number of hydrogen-bond donors (Lipinski definition) is 3. The lowest BCUT2D eigenvalue weighted by atomic mass is 9.89. The molecule has 0 aromatic carbocycles. The van der Waals surface area contributed by atoms with Crippen LogP contribution >= 0.6 is 0 Å². The van der Waals surface area contributed by atoms with Crippen LogP contribution in [0.5, 0.6) is 0 Å². The zero-order valence-electron chi connectivity index (χ0n) is 8.92. The van der Waals surface area contributed by atoms with E-state index >= 15 is 0 Å². The van der Waals surface area contributed by atoms with Crippen LogP contribution in [0.4, 0.5) is 0 Å². The molecule has 0 spiro atoms. The molecule has 0 aromatic rings. The zero-order chi connectivity index (χ0) is 10.9. The number of hydrogen-bond acceptors (Lipinski definition) is 4. The standard InChI is InChI=1S/C10H20O4/c1-4-6-7(11)8(12)9(13)10(14-6)5(2)3/h5-13H,4H2,1-3H3/t6?,7-,8-,9?,10-/m0/s1. The monoisotopic (exact) mass is 204 g/mol. The first-order chi connectivity index (χ1) is 6.49. The van der Waals surface area contributed by atoms with Crippen LogP contribution in [0.2, 0.25) is 0 Å². The van der Waals surface area contributed by atoms with Crippen LogP contribution in [0, 0.1) is 5.92 Å². The minimum Gasteiger partial charge on any atom is -0.388 e. The van der Waals surface area contributed by atoms with Crippen molar-refractivity contribution in [2.75, 3.05) is 0 Å². The molecule has 1 rings (SSSR count). The SMILES string of the molecule is CCC1O[C@@H](C(C)C)C(O)[C@@H](O)[C@H]1O. The topological polar surface area (TPSA) is 69.9 Å². The van der Waals surface area contributed by atoms with Gasteiger partial charge in [-0.05, 0) is 12.3 Å². The minimum absolute atomic E-state index is 0.126. The van der Waals surface area contributed by atoms with Crippen molar-refractivity contribution >= 4 is 0 Å². The Bertz CT molecular complexity index is 181. The van der Waals surface area contributed by atoms with E-state index in [2.05, 4.69) is 0 Å². The maximum absolute atomic E-state index is 9.66. The second-order valence-corrected chi connectivity index (χ2v) is 4.26. The molecule has 1 saturated heterocycles. The smallest absolute Gasteiger partial charge is 0.111 e. The second kappa shape index (κ2) is 4.57. The first kappa shape index (κ1) is 11.9. The average molecular weight is 204 g/mol. The molecule has 1 aliphatic heterocycles. The Labute approximate surface area is 84.5 Å². The lowest BCUT2D eigenvalue weighted by Crippen LogP contribution is -2.58. The Hall–Kier alpha value is -0.160. The fraction of sp³-hybridized carbons (Fsp3) is 1.00. The van der Waals surface area contributed by atoms with Crippen LogP contribution in [-0.4, -0.2) is 45.8 Å². The molecule has 0 saturated carbocycles. The Morgan fingerprint density at radius 1 is 1.07 bits per heavy atom. The van der Waals surface area contributed by atoms with Crippen LogP contribution < -0.4 is 0 Å². The Morgan fingerprint density at radius 2 is 1.64 bits per heavy atom. The molecule has 3 N–H and O–H groups in total. The van der Waals surface area contributed by atoms with E-state index in [0.717, 1.165) is 0 Å². The van der Waals surface area contributed by atoms with Crippen LogP contribution in [-0.2, 0) is 4.74 Å². The van der Waals surface area contributed by atoms with Gasteiger partial charge in [0.05, 0.1) is 12.2 Å². The Kier molecular flexibility index (Phi) is 3.89. The summed E-state index contributed by atoms with van der Waals surface area (Å²) in [7, 11) is 0. The number of ether oxygens (including phenoxy) is 1. The molecule has 1 aliphatic rings. The van der Waals surface area contributed by atoms with E-state index in [1.807, 2.05) is 20.8 Å². The van der Waals surface area contributed by atoms with Crippen molar-refractivity contribution in [1.82, 2.24) is 0 Å². The normalized spacial score (nSPS) is 44.4. The third kappa shape index (κ3) is 2.08. The molecule has 84 valence electrons. The average Bonchev–Trinajstić information content (AvgIpc) is 2.14. The highest BCUT2D eigenvalue weighted by atomic mass is 16.5. The third-order valence-corrected chi connectivity index (χ3v) is 2.81. The van der Waals surface area contributed by atoms with E-state index in [4.69, 9.17) is 4.74 Å². The molecule has 0 amide bonds. The van der Waals surface area contributed by atoms with Crippen LogP contribution in [0.1, 0.15) is 27.2 Å². The third-order valence-electron chi connectivity index (χ3n) is 2.81. The van der Waals surface area contributed by atoms with Gasteiger partial charge in [-0.2, -0.15) is 0 Å². The van der Waals surface area contributed by atoms with E-state index in [1.165, 1.54) is 0 Å². The molecule has 4 nitrogen and oxygen atoms in total. The lowest BCUT2D eigenvalue weighted by molar-refractivity contribution is -0.232. The molecule has 0 bridgehead atoms. The summed E-state index contributed by atoms with van der Waals surface area (Å²) in [6, 6.07) is 0. The van der Waals surface area contributed by atoms with E-state index in [0.29, 0.717) is 6.42 Å². The molecular weight excluding hydrogens is 184 g/mol. The van der Waals surface area contributed by atoms with Gasteiger partial charge in [0, 0.05) is 0 Å². The lowest BCUT2D eigenvalue weighted by Gasteiger charge is -2.42. The van der Waals surface area contributed by atoms with Gasteiger partial charge in [0.15, 0.2) is 0 Å². The highest BCUT2D eigenvalue weighted by Gasteiger charge is 2.43. The second-order valence-electron chi connectivity index (χ2n) is 4.26. The van der Waals surface area contributed by atoms with Crippen LogP contribution in [0.15, 0.2) is 0 Å². The Morgan fingerprint density at radius 3 is 2.07 bits per heavy atom. The predicted molar refractivity (Wildman–Crippen MR) is 51.8 cm³/mol. The van der Waals surface area contributed by atoms with Crippen molar-refractivity contribution in [3.63, 3.8) is 0 Å². The molecule has 1 fully saturated rings. The maximum Gasteiger partial charge on any atom is 0.111 e. The summed E-state index contributed by atoms with van der Waals surface area (Å²) in [6.07, 6.45) is -3.20. The van der Waals surface area contributed by atoms with Crippen molar-refractivity contribution in [3.05, 3.63) is 0 Å². The molecule has 1 heterocycles. The molecule has 14 heavy (non-hydrogen) atoms. The summed E-state index contributed by atoms with van der Waals surface area (Å²) in [5.41, 5.74) is 0. The van der Waals surface area contributed by atoms with Gasteiger partial charge in [-0.1, -0.05) is 20.8 Å². The quantitative estimate of drug-likeness (QED) is 0.587. The molecular formula is C10H20O4. The number of rotatable bonds is 2.